The number of benzene rings is 1. The van der Waals surface area contributed by atoms with Gasteiger partial charge in [0, 0.05) is 16.7 Å². The van der Waals surface area contributed by atoms with Gasteiger partial charge in [0.15, 0.2) is 0 Å². The highest BCUT2D eigenvalue weighted by Crippen LogP contribution is 2.38. The zero-order valence-corrected chi connectivity index (χ0v) is 14.4. The van der Waals surface area contributed by atoms with Gasteiger partial charge in [0.1, 0.15) is 5.76 Å². The number of allylic oxidation sites excluding steroid dienone is 1. The maximum Gasteiger partial charge on any atom is 0.234 e. The van der Waals surface area contributed by atoms with Crippen molar-refractivity contribution in [2.24, 2.45) is 11.8 Å². The minimum Gasteiger partial charge on any atom is -0.507 e. The number of aliphatic hydroxyl groups is 1. The first kappa shape index (κ1) is 16.9. The summed E-state index contributed by atoms with van der Waals surface area (Å²) in [4.78, 5) is 24.7. The Morgan fingerprint density at radius 1 is 0.958 bits per heavy atom. The molecule has 3 rings (SSSR count). The molecule has 0 aromatic heterocycles. The molecule has 3 heteroatoms. The van der Waals surface area contributed by atoms with E-state index in [2.05, 4.69) is 6.92 Å². The molecular formula is C21H26O3. The van der Waals surface area contributed by atoms with Gasteiger partial charge in [-0.25, -0.2) is 0 Å². The number of unbranched alkanes of at least 4 members (excludes halogenated alkanes) is 1. The fraction of sp³-hybridized carbons (Fsp3) is 0.524. The van der Waals surface area contributed by atoms with E-state index >= 15 is 0 Å². The van der Waals surface area contributed by atoms with Gasteiger partial charge in [-0.3, -0.25) is 9.59 Å². The van der Waals surface area contributed by atoms with Gasteiger partial charge in [0.25, 0.3) is 0 Å². The molecule has 1 saturated carbocycles. The second kappa shape index (κ2) is 7.33. The fourth-order valence-corrected chi connectivity index (χ4v) is 4.11. The molecule has 0 radical (unpaired) electrons. The minimum absolute atomic E-state index is 0.0170. The maximum atomic E-state index is 12.4. The molecule has 0 saturated heterocycles. The topological polar surface area (TPSA) is 54.4 Å². The van der Waals surface area contributed by atoms with Crippen molar-refractivity contribution < 1.29 is 14.7 Å². The van der Waals surface area contributed by atoms with E-state index in [1.807, 2.05) is 0 Å². The Balaban J connectivity index is 1.71. The lowest BCUT2D eigenvalue weighted by Gasteiger charge is -2.29. The quantitative estimate of drug-likeness (QED) is 0.765. The van der Waals surface area contributed by atoms with E-state index in [1.165, 1.54) is 32.1 Å². The number of hydrogen-bond donors (Lipinski definition) is 1. The second-order valence-corrected chi connectivity index (χ2v) is 7.26. The highest BCUT2D eigenvalue weighted by Gasteiger charge is 2.34. The van der Waals surface area contributed by atoms with Crippen LogP contribution in [0.3, 0.4) is 0 Å². The molecule has 0 bridgehead atoms. The van der Waals surface area contributed by atoms with Gasteiger partial charge in [0.2, 0.25) is 11.6 Å². The van der Waals surface area contributed by atoms with E-state index in [4.69, 9.17) is 0 Å². The number of Topliss-reactive ketones (excluding diaryl/α,β-unsaturated/α-hetero) is 2. The zero-order valence-electron chi connectivity index (χ0n) is 14.4. The number of carbonyl (C=O) groups excluding carboxylic acids is 2. The van der Waals surface area contributed by atoms with Crippen molar-refractivity contribution in [3.63, 3.8) is 0 Å². The average molecular weight is 326 g/mol. The predicted octanol–water partition coefficient (Wildman–Crippen LogP) is 5.11. The van der Waals surface area contributed by atoms with Crippen LogP contribution in [0.4, 0.5) is 0 Å². The molecule has 2 aliphatic rings. The van der Waals surface area contributed by atoms with Gasteiger partial charge >= 0.3 is 0 Å². The van der Waals surface area contributed by atoms with Crippen LogP contribution in [0.1, 0.15) is 74.2 Å². The Morgan fingerprint density at radius 3 is 2.25 bits per heavy atom. The first-order valence-corrected chi connectivity index (χ1v) is 9.22. The molecule has 1 aromatic rings. The monoisotopic (exact) mass is 326 g/mol. The van der Waals surface area contributed by atoms with Gasteiger partial charge in [-0.05, 0) is 31.1 Å². The summed E-state index contributed by atoms with van der Waals surface area (Å²) >= 11 is 0. The first-order chi connectivity index (χ1) is 11.6. The molecule has 0 amide bonds. The SMILES string of the molecule is CCCCC1CCC(CC2=C(O)c3ccccc3C(=O)C2=O)CC1. The molecule has 2 aliphatic carbocycles. The van der Waals surface area contributed by atoms with E-state index in [9.17, 15) is 14.7 Å². The van der Waals surface area contributed by atoms with Crippen LogP contribution in [0.15, 0.2) is 29.8 Å². The van der Waals surface area contributed by atoms with Crippen LogP contribution < -0.4 is 0 Å². The first-order valence-electron chi connectivity index (χ1n) is 9.22. The summed E-state index contributed by atoms with van der Waals surface area (Å²) in [5, 5.41) is 10.5. The van der Waals surface area contributed by atoms with Gasteiger partial charge in [-0.15, -0.1) is 0 Å². The summed E-state index contributed by atoms with van der Waals surface area (Å²) in [6, 6.07) is 6.84. The summed E-state index contributed by atoms with van der Waals surface area (Å²) in [6.45, 7) is 2.23. The third-order valence-electron chi connectivity index (χ3n) is 5.62. The van der Waals surface area contributed by atoms with Crippen molar-refractivity contribution in [3.8, 4) is 0 Å². The smallest absolute Gasteiger partial charge is 0.234 e. The number of fused-ring (bicyclic) bond motifs is 1. The highest BCUT2D eigenvalue weighted by atomic mass is 16.3. The molecule has 0 heterocycles. The standard InChI is InChI=1S/C21H26O3/c1-2-3-6-14-9-11-15(12-10-14)13-18-19(22)16-7-4-5-8-17(16)20(23)21(18)24/h4-5,7-8,14-15,22H,2-3,6,9-13H2,1H3. The maximum absolute atomic E-state index is 12.4. The molecule has 0 spiro atoms. The fourth-order valence-electron chi connectivity index (χ4n) is 4.11. The van der Waals surface area contributed by atoms with Crippen molar-refractivity contribution in [1.29, 1.82) is 0 Å². The van der Waals surface area contributed by atoms with Crippen LogP contribution in [0.5, 0.6) is 0 Å². The summed E-state index contributed by atoms with van der Waals surface area (Å²) in [5.41, 5.74) is 1.16. The Morgan fingerprint density at radius 2 is 1.58 bits per heavy atom. The molecule has 1 fully saturated rings. The van der Waals surface area contributed by atoms with E-state index in [0.717, 1.165) is 18.8 Å². The summed E-state index contributed by atoms with van der Waals surface area (Å²) < 4.78 is 0. The second-order valence-electron chi connectivity index (χ2n) is 7.26. The Kier molecular flexibility index (Phi) is 5.17. The molecule has 1 N–H and O–H groups in total. The molecule has 24 heavy (non-hydrogen) atoms. The van der Waals surface area contributed by atoms with Crippen molar-refractivity contribution in [3.05, 3.63) is 41.0 Å². The highest BCUT2D eigenvalue weighted by molar-refractivity contribution is 6.52. The Bertz CT molecular complexity index is 663. The molecule has 0 unspecified atom stereocenters. The van der Waals surface area contributed by atoms with E-state index < -0.39 is 11.6 Å². The molecule has 1 aromatic carbocycles. The van der Waals surface area contributed by atoms with Gasteiger partial charge < -0.3 is 5.11 Å². The molecule has 0 atom stereocenters. The van der Waals surface area contributed by atoms with Crippen molar-refractivity contribution in [2.45, 2.75) is 58.3 Å². The Labute approximate surface area is 143 Å². The molecule has 128 valence electrons. The molecule has 0 aliphatic heterocycles. The normalized spacial score (nSPS) is 24.2. The number of ketones is 2. The van der Waals surface area contributed by atoms with Crippen LogP contribution in [-0.2, 0) is 4.79 Å². The predicted molar refractivity (Wildman–Crippen MR) is 94.9 cm³/mol. The zero-order chi connectivity index (χ0) is 17.1. The lowest BCUT2D eigenvalue weighted by molar-refractivity contribution is -0.112. The molecule has 3 nitrogen and oxygen atoms in total. The van der Waals surface area contributed by atoms with Gasteiger partial charge in [0.05, 0.1) is 0 Å². The third kappa shape index (κ3) is 3.31. The van der Waals surface area contributed by atoms with Crippen LogP contribution in [-0.4, -0.2) is 16.7 Å². The average Bonchev–Trinajstić information content (AvgIpc) is 2.62. The third-order valence-corrected chi connectivity index (χ3v) is 5.62. The van der Waals surface area contributed by atoms with Crippen LogP contribution in [0.2, 0.25) is 0 Å². The number of carbonyl (C=O) groups is 2. The lowest BCUT2D eigenvalue weighted by atomic mass is 9.75. The summed E-state index contributed by atoms with van der Waals surface area (Å²) in [5.74, 6) is 0.243. The van der Waals surface area contributed by atoms with Crippen LogP contribution in [0, 0.1) is 11.8 Å². The van der Waals surface area contributed by atoms with Crippen molar-refractivity contribution in [1.82, 2.24) is 0 Å². The summed E-state index contributed by atoms with van der Waals surface area (Å²) in [7, 11) is 0. The number of aliphatic hydroxyl groups excluding tert-OH is 1. The van der Waals surface area contributed by atoms with E-state index in [1.54, 1.807) is 24.3 Å². The summed E-state index contributed by atoms with van der Waals surface area (Å²) in [6.07, 6.45) is 8.98. The van der Waals surface area contributed by atoms with E-state index in [0.29, 0.717) is 29.0 Å². The minimum atomic E-state index is -0.515. The van der Waals surface area contributed by atoms with Crippen LogP contribution in [0.25, 0.3) is 5.76 Å². The van der Waals surface area contributed by atoms with E-state index in [-0.39, 0.29) is 5.76 Å². The van der Waals surface area contributed by atoms with Crippen molar-refractivity contribution >= 4 is 17.3 Å². The van der Waals surface area contributed by atoms with Crippen LogP contribution >= 0.6 is 0 Å². The Hall–Kier alpha value is -1.90. The number of hydrogen-bond acceptors (Lipinski definition) is 3. The largest absolute Gasteiger partial charge is 0.507 e. The lowest BCUT2D eigenvalue weighted by Crippen LogP contribution is -2.26. The van der Waals surface area contributed by atoms with Crippen molar-refractivity contribution in [2.75, 3.05) is 0 Å². The molecular weight excluding hydrogens is 300 g/mol. The van der Waals surface area contributed by atoms with Gasteiger partial charge in [-0.1, -0.05) is 63.3 Å². The number of rotatable bonds is 5. The van der Waals surface area contributed by atoms with Gasteiger partial charge in [-0.2, -0.15) is 0 Å².